The molecule has 0 aliphatic carbocycles. The van der Waals surface area contributed by atoms with Crippen molar-refractivity contribution in [2.75, 3.05) is 19.8 Å². The average molecular weight is 286 g/mol. The van der Waals surface area contributed by atoms with Gasteiger partial charge in [0.05, 0.1) is 5.69 Å². The van der Waals surface area contributed by atoms with E-state index in [9.17, 15) is 4.79 Å². The van der Waals surface area contributed by atoms with Gasteiger partial charge in [0.15, 0.2) is 11.4 Å². The second kappa shape index (κ2) is 6.21. The molecule has 6 nitrogen and oxygen atoms in total. The molecule has 0 fully saturated rings. The lowest BCUT2D eigenvalue weighted by Gasteiger charge is -2.10. The van der Waals surface area contributed by atoms with Crippen molar-refractivity contribution >= 4 is 11.6 Å². The summed E-state index contributed by atoms with van der Waals surface area (Å²) in [4.78, 5) is 13.1. The number of aryl methyl sites for hydroxylation is 1. The molecule has 0 saturated carbocycles. The van der Waals surface area contributed by atoms with Crippen LogP contribution in [0.5, 0.6) is 11.6 Å². The van der Waals surface area contributed by atoms with Crippen molar-refractivity contribution in [3.63, 3.8) is 0 Å². The first kappa shape index (κ1) is 14.8. The lowest BCUT2D eigenvalue weighted by molar-refractivity contribution is 0.0820. The highest BCUT2D eigenvalue weighted by Gasteiger charge is 2.11. The number of nitrogen functional groups attached to an aromatic ring is 1. The summed E-state index contributed by atoms with van der Waals surface area (Å²) in [7, 11) is 3.31. The molecule has 0 bridgehead atoms. The van der Waals surface area contributed by atoms with Crippen molar-refractivity contribution in [1.82, 2.24) is 15.1 Å². The van der Waals surface area contributed by atoms with E-state index in [0.29, 0.717) is 17.3 Å². The van der Waals surface area contributed by atoms with Gasteiger partial charge in [-0.2, -0.15) is 0 Å². The van der Waals surface area contributed by atoms with Crippen LogP contribution in [0, 0.1) is 0 Å². The molecule has 0 aliphatic rings. The fraction of sp³-hybridized carbons (Fsp3) is 0.267. The molecule has 6 heteroatoms. The molecule has 0 saturated heterocycles. The summed E-state index contributed by atoms with van der Waals surface area (Å²) in [6, 6.07) is 8.78. The topological polar surface area (TPSA) is 81.3 Å². The Bertz CT molecular complexity index is 639. The standard InChI is InChI=1S/C15H18N4O2/c1-4-10-5-7-13(11(16)9-10)21-14-8-6-12(17-18-14)15(20)19(2)3/h5-9H,4,16H2,1-3H3. The SMILES string of the molecule is CCc1ccc(Oc2ccc(C(=O)N(C)C)nn2)c(N)c1. The number of hydrogen-bond donors (Lipinski definition) is 1. The van der Waals surface area contributed by atoms with Gasteiger partial charge in [0.2, 0.25) is 5.88 Å². The molecule has 1 amide bonds. The van der Waals surface area contributed by atoms with E-state index in [1.54, 1.807) is 32.3 Å². The Labute approximate surface area is 123 Å². The monoisotopic (exact) mass is 286 g/mol. The van der Waals surface area contributed by atoms with Crippen molar-refractivity contribution in [3.8, 4) is 11.6 Å². The van der Waals surface area contributed by atoms with Crippen LogP contribution in [0.1, 0.15) is 23.0 Å². The Morgan fingerprint density at radius 2 is 2.00 bits per heavy atom. The zero-order valence-electron chi connectivity index (χ0n) is 12.3. The van der Waals surface area contributed by atoms with Gasteiger partial charge in [0.25, 0.3) is 5.91 Å². The highest BCUT2D eigenvalue weighted by atomic mass is 16.5. The molecular formula is C15H18N4O2. The molecule has 1 aromatic carbocycles. The number of aromatic nitrogens is 2. The average Bonchev–Trinajstić information content (AvgIpc) is 2.49. The molecule has 2 aromatic rings. The number of hydrogen-bond acceptors (Lipinski definition) is 5. The third-order valence-electron chi connectivity index (χ3n) is 2.96. The van der Waals surface area contributed by atoms with E-state index in [0.717, 1.165) is 12.0 Å². The van der Waals surface area contributed by atoms with E-state index in [1.807, 2.05) is 12.1 Å². The van der Waals surface area contributed by atoms with Crippen LogP contribution in [-0.4, -0.2) is 35.1 Å². The van der Waals surface area contributed by atoms with Crippen LogP contribution in [0.4, 0.5) is 5.69 Å². The Kier molecular flexibility index (Phi) is 4.37. The molecular weight excluding hydrogens is 268 g/mol. The normalized spacial score (nSPS) is 10.2. The van der Waals surface area contributed by atoms with E-state index in [1.165, 1.54) is 4.90 Å². The number of nitrogens with two attached hydrogens (primary N) is 1. The summed E-state index contributed by atoms with van der Waals surface area (Å²) in [6.07, 6.45) is 0.908. The van der Waals surface area contributed by atoms with Crippen molar-refractivity contribution in [3.05, 3.63) is 41.6 Å². The molecule has 110 valence electrons. The van der Waals surface area contributed by atoms with Gasteiger partial charge in [-0.15, -0.1) is 10.2 Å². The summed E-state index contributed by atoms with van der Waals surface area (Å²) < 4.78 is 5.58. The lowest BCUT2D eigenvalue weighted by Crippen LogP contribution is -2.23. The van der Waals surface area contributed by atoms with Gasteiger partial charge in [-0.05, 0) is 30.2 Å². The number of benzene rings is 1. The maximum atomic E-state index is 11.7. The summed E-state index contributed by atoms with van der Waals surface area (Å²) in [5.74, 6) is 0.607. The smallest absolute Gasteiger partial charge is 0.273 e. The third-order valence-corrected chi connectivity index (χ3v) is 2.96. The van der Waals surface area contributed by atoms with Crippen molar-refractivity contribution in [1.29, 1.82) is 0 Å². The molecule has 2 rings (SSSR count). The second-order valence-corrected chi connectivity index (χ2v) is 4.78. The summed E-state index contributed by atoms with van der Waals surface area (Å²) in [5, 5.41) is 7.74. The van der Waals surface area contributed by atoms with E-state index >= 15 is 0 Å². The summed E-state index contributed by atoms with van der Waals surface area (Å²) >= 11 is 0. The number of rotatable bonds is 4. The van der Waals surface area contributed by atoms with Crippen LogP contribution in [-0.2, 0) is 6.42 Å². The molecule has 1 aromatic heterocycles. The van der Waals surface area contributed by atoms with Crippen molar-refractivity contribution in [2.24, 2.45) is 0 Å². The van der Waals surface area contributed by atoms with Gasteiger partial charge in [0, 0.05) is 20.2 Å². The first-order valence-electron chi connectivity index (χ1n) is 6.63. The quantitative estimate of drug-likeness (QED) is 0.871. The molecule has 21 heavy (non-hydrogen) atoms. The first-order valence-corrected chi connectivity index (χ1v) is 6.63. The highest BCUT2D eigenvalue weighted by molar-refractivity contribution is 5.91. The van der Waals surface area contributed by atoms with E-state index < -0.39 is 0 Å². The number of carbonyl (C=O) groups is 1. The largest absolute Gasteiger partial charge is 0.435 e. The number of anilines is 1. The minimum atomic E-state index is -0.208. The number of nitrogens with zero attached hydrogens (tertiary/aromatic N) is 3. The van der Waals surface area contributed by atoms with Gasteiger partial charge in [0.1, 0.15) is 0 Å². The van der Waals surface area contributed by atoms with Crippen LogP contribution in [0.15, 0.2) is 30.3 Å². The first-order chi connectivity index (χ1) is 10.0. The Morgan fingerprint density at radius 3 is 2.52 bits per heavy atom. The van der Waals surface area contributed by atoms with Gasteiger partial charge in [-0.3, -0.25) is 4.79 Å². The van der Waals surface area contributed by atoms with Crippen LogP contribution in [0.25, 0.3) is 0 Å². The maximum absolute atomic E-state index is 11.7. The zero-order chi connectivity index (χ0) is 15.4. The number of amides is 1. The molecule has 0 aliphatic heterocycles. The minimum Gasteiger partial charge on any atom is -0.435 e. The number of carbonyl (C=O) groups excluding carboxylic acids is 1. The third kappa shape index (κ3) is 3.47. The minimum absolute atomic E-state index is 0.208. The molecule has 2 N–H and O–H groups in total. The molecule has 0 spiro atoms. The fourth-order valence-corrected chi connectivity index (χ4v) is 1.74. The second-order valence-electron chi connectivity index (χ2n) is 4.78. The Balaban J connectivity index is 2.15. The molecule has 1 heterocycles. The van der Waals surface area contributed by atoms with E-state index in [2.05, 4.69) is 17.1 Å². The summed E-state index contributed by atoms with van der Waals surface area (Å²) in [6.45, 7) is 2.06. The van der Waals surface area contributed by atoms with Crippen LogP contribution < -0.4 is 10.5 Å². The van der Waals surface area contributed by atoms with Crippen molar-refractivity contribution < 1.29 is 9.53 Å². The Hall–Kier alpha value is -2.63. The molecule has 0 radical (unpaired) electrons. The maximum Gasteiger partial charge on any atom is 0.273 e. The van der Waals surface area contributed by atoms with Crippen LogP contribution in [0.3, 0.4) is 0 Å². The Morgan fingerprint density at radius 1 is 1.24 bits per heavy atom. The molecule has 0 unspecified atom stereocenters. The van der Waals surface area contributed by atoms with E-state index in [4.69, 9.17) is 10.5 Å². The summed E-state index contributed by atoms with van der Waals surface area (Å²) in [5.41, 5.74) is 7.88. The zero-order valence-corrected chi connectivity index (χ0v) is 12.3. The van der Waals surface area contributed by atoms with Crippen LogP contribution in [0.2, 0.25) is 0 Å². The van der Waals surface area contributed by atoms with Crippen molar-refractivity contribution in [2.45, 2.75) is 13.3 Å². The number of ether oxygens (including phenoxy) is 1. The van der Waals surface area contributed by atoms with Gasteiger partial charge >= 0.3 is 0 Å². The fourth-order valence-electron chi connectivity index (χ4n) is 1.74. The predicted molar refractivity (Wildman–Crippen MR) is 80.4 cm³/mol. The van der Waals surface area contributed by atoms with Gasteiger partial charge in [-0.25, -0.2) is 0 Å². The predicted octanol–water partition coefficient (Wildman–Crippen LogP) is 2.12. The molecule has 0 atom stereocenters. The highest BCUT2D eigenvalue weighted by Crippen LogP contribution is 2.27. The lowest BCUT2D eigenvalue weighted by atomic mass is 10.1. The van der Waals surface area contributed by atoms with Gasteiger partial charge < -0.3 is 15.4 Å². The van der Waals surface area contributed by atoms with Gasteiger partial charge in [-0.1, -0.05) is 13.0 Å². The van der Waals surface area contributed by atoms with E-state index in [-0.39, 0.29) is 11.6 Å². The van der Waals surface area contributed by atoms with Crippen LogP contribution >= 0.6 is 0 Å².